The fourth-order valence-electron chi connectivity index (χ4n) is 3.63. The monoisotopic (exact) mass is 410 g/mol. The van der Waals surface area contributed by atoms with Gasteiger partial charge in [0, 0.05) is 31.0 Å². The van der Waals surface area contributed by atoms with Crippen LogP contribution in [0.5, 0.6) is 0 Å². The molecule has 1 amide bonds. The van der Waals surface area contributed by atoms with E-state index in [2.05, 4.69) is 0 Å². The number of hydrogen-bond acceptors (Lipinski definition) is 3. The van der Waals surface area contributed by atoms with Gasteiger partial charge in [-0.15, -0.1) is 0 Å². The van der Waals surface area contributed by atoms with E-state index in [1.54, 1.807) is 37.3 Å². The van der Waals surface area contributed by atoms with Crippen molar-refractivity contribution in [2.45, 2.75) is 45.4 Å². The second-order valence-corrected chi connectivity index (χ2v) is 8.48. The van der Waals surface area contributed by atoms with E-state index in [0.717, 1.165) is 12.1 Å². The minimum Gasteiger partial charge on any atom is -0.460 e. The maximum atomic E-state index is 13.1. The minimum absolute atomic E-state index is 0.239. The predicted molar refractivity (Wildman–Crippen MR) is 102 cm³/mol. The van der Waals surface area contributed by atoms with Gasteiger partial charge in [-0.3, -0.25) is 9.59 Å². The van der Waals surface area contributed by atoms with Crippen LogP contribution in [0, 0.1) is 5.92 Å². The standard InChI is InChI=1S/C21H25F3N2O3/c1-20(2,3)29-19(28)13-6-5-9-26(12-13)18(27)17-11-14-10-15(21(22,23)24)7-8-16(14)25(17)4/h7-8,10-11,13H,5-6,9,12H2,1-4H3/t13-/m1/s1. The van der Waals surface area contributed by atoms with Gasteiger partial charge in [-0.05, 0) is 57.9 Å². The van der Waals surface area contributed by atoms with Crippen molar-refractivity contribution in [1.29, 1.82) is 0 Å². The van der Waals surface area contributed by atoms with Crippen LogP contribution in [0.3, 0.4) is 0 Å². The molecule has 2 aromatic rings. The van der Waals surface area contributed by atoms with Crippen LogP contribution in [0.4, 0.5) is 13.2 Å². The molecule has 1 saturated heterocycles. The number of nitrogens with zero attached hydrogens (tertiary/aromatic N) is 2. The molecule has 29 heavy (non-hydrogen) atoms. The summed E-state index contributed by atoms with van der Waals surface area (Å²) in [5.74, 6) is -1.04. The summed E-state index contributed by atoms with van der Waals surface area (Å²) in [6, 6.07) is 4.90. The minimum atomic E-state index is -4.44. The highest BCUT2D eigenvalue weighted by atomic mass is 19.4. The molecule has 0 radical (unpaired) electrons. The fraction of sp³-hybridized carbons (Fsp3) is 0.524. The Hall–Kier alpha value is -2.51. The van der Waals surface area contributed by atoms with Crippen LogP contribution in [-0.4, -0.2) is 40.0 Å². The Balaban J connectivity index is 1.83. The summed E-state index contributed by atoms with van der Waals surface area (Å²) in [4.78, 5) is 27.0. The number of amides is 1. The molecule has 1 fully saturated rings. The number of hydrogen-bond donors (Lipinski definition) is 0. The Labute approximate surface area is 167 Å². The number of esters is 1. The van der Waals surface area contributed by atoms with Gasteiger partial charge in [-0.25, -0.2) is 0 Å². The lowest BCUT2D eigenvalue weighted by Gasteiger charge is -2.33. The molecule has 8 heteroatoms. The number of alkyl halides is 3. The maximum absolute atomic E-state index is 13.1. The molecular formula is C21H25F3N2O3. The number of aromatic nitrogens is 1. The Morgan fingerprint density at radius 3 is 2.45 bits per heavy atom. The molecule has 0 aliphatic carbocycles. The molecule has 158 valence electrons. The van der Waals surface area contributed by atoms with Crippen LogP contribution in [0.25, 0.3) is 10.9 Å². The highest BCUT2D eigenvalue weighted by Crippen LogP contribution is 2.32. The normalized spacial score (nSPS) is 18.2. The fourth-order valence-corrected chi connectivity index (χ4v) is 3.63. The molecule has 0 bridgehead atoms. The maximum Gasteiger partial charge on any atom is 0.416 e. The van der Waals surface area contributed by atoms with Crippen molar-refractivity contribution in [2.24, 2.45) is 13.0 Å². The Morgan fingerprint density at radius 1 is 1.14 bits per heavy atom. The Morgan fingerprint density at radius 2 is 1.83 bits per heavy atom. The van der Waals surface area contributed by atoms with Crippen molar-refractivity contribution in [2.75, 3.05) is 13.1 Å². The lowest BCUT2D eigenvalue weighted by molar-refractivity contribution is -0.161. The van der Waals surface area contributed by atoms with E-state index < -0.39 is 23.3 Å². The highest BCUT2D eigenvalue weighted by molar-refractivity contribution is 5.99. The number of piperidine rings is 1. The van der Waals surface area contributed by atoms with E-state index in [1.807, 2.05) is 0 Å². The summed E-state index contributed by atoms with van der Waals surface area (Å²) in [6.45, 7) is 6.11. The summed E-state index contributed by atoms with van der Waals surface area (Å²) >= 11 is 0. The molecule has 1 atom stereocenters. The number of ether oxygens (including phenoxy) is 1. The van der Waals surface area contributed by atoms with Gasteiger partial charge < -0.3 is 14.2 Å². The zero-order valence-corrected chi connectivity index (χ0v) is 17.0. The SMILES string of the molecule is Cn1c(C(=O)N2CCC[C@@H](C(=O)OC(C)(C)C)C2)cc2cc(C(F)(F)F)ccc21. The van der Waals surface area contributed by atoms with Crippen LogP contribution >= 0.6 is 0 Å². The van der Waals surface area contributed by atoms with Crippen LogP contribution < -0.4 is 0 Å². The first kappa shape index (κ1) is 21.2. The first-order valence-electron chi connectivity index (χ1n) is 9.55. The number of likely N-dealkylation sites (tertiary alicyclic amines) is 1. The van der Waals surface area contributed by atoms with E-state index >= 15 is 0 Å². The summed E-state index contributed by atoms with van der Waals surface area (Å²) in [5.41, 5.74) is -0.515. The third kappa shape index (κ3) is 4.57. The predicted octanol–water partition coefficient (Wildman–Crippen LogP) is 4.39. The molecule has 2 heterocycles. The van der Waals surface area contributed by atoms with Gasteiger partial charge in [0.2, 0.25) is 0 Å². The number of carbonyl (C=O) groups excluding carboxylic acids is 2. The summed E-state index contributed by atoms with van der Waals surface area (Å²) in [7, 11) is 1.65. The van der Waals surface area contributed by atoms with Crippen LogP contribution in [0.2, 0.25) is 0 Å². The molecule has 0 spiro atoms. The van der Waals surface area contributed by atoms with Crippen molar-refractivity contribution in [1.82, 2.24) is 9.47 Å². The molecule has 0 N–H and O–H groups in total. The molecule has 1 aliphatic rings. The number of aryl methyl sites for hydroxylation is 1. The zero-order valence-electron chi connectivity index (χ0n) is 17.0. The van der Waals surface area contributed by atoms with E-state index in [1.165, 1.54) is 12.1 Å². The van der Waals surface area contributed by atoms with Gasteiger partial charge in [-0.1, -0.05) is 0 Å². The van der Waals surface area contributed by atoms with Crippen molar-refractivity contribution < 1.29 is 27.5 Å². The number of rotatable bonds is 2. The first-order chi connectivity index (χ1) is 13.4. The van der Waals surface area contributed by atoms with E-state index in [-0.39, 0.29) is 18.4 Å². The van der Waals surface area contributed by atoms with E-state index in [0.29, 0.717) is 36.0 Å². The highest BCUT2D eigenvalue weighted by Gasteiger charge is 2.34. The molecule has 1 aliphatic heterocycles. The quantitative estimate of drug-likeness (QED) is 0.690. The molecule has 0 unspecified atom stereocenters. The first-order valence-corrected chi connectivity index (χ1v) is 9.55. The molecule has 1 aromatic carbocycles. The molecular weight excluding hydrogens is 385 g/mol. The van der Waals surface area contributed by atoms with Crippen molar-refractivity contribution in [3.63, 3.8) is 0 Å². The van der Waals surface area contributed by atoms with Gasteiger partial charge in [0.05, 0.1) is 11.5 Å². The number of halogens is 3. The third-order valence-corrected chi connectivity index (χ3v) is 5.04. The molecule has 1 aromatic heterocycles. The third-order valence-electron chi connectivity index (χ3n) is 5.04. The molecule has 5 nitrogen and oxygen atoms in total. The lowest BCUT2D eigenvalue weighted by atomic mass is 9.97. The summed E-state index contributed by atoms with van der Waals surface area (Å²) in [6.07, 6.45) is -3.14. The van der Waals surface area contributed by atoms with Crippen molar-refractivity contribution in [3.8, 4) is 0 Å². The van der Waals surface area contributed by atoms with Gasteiger partial charge in [-0.2, -0.15) is 13.2 Å². The van der Waals surface area contributed by atoms with Crippen LogP contribution in [-0.2, 0) is 22.8 Å². The van der Waals surface area contributed by atoms with E-state index in [9.17, 15) is 22.8 Å². The smallest absolute Gasteiger partial charge is 0.416 e. The lowest BCUT2D eigenvalue weighted by Crippen LogP contribution is -2.44. The van der Waals surface area contributed by atoms with Gasteiger partial charge in [0.1, 0.15) is 11.3 Å². The Kier molecular flexibility index (Phi) is 5.40. The van der Waals surface area contributed by atoms with Crippen LogP contribution in [0.15, 0.2) is 24.3 Å². The average Bonchev–Trinajstić information content (AvgIpc) is 2.95. The number of benzene rings is 1. The molecule has 3 rings (SSSR count). The van der Waals surface area contributed by atoms with Gasteiger partial charge >= 0.3 is 12.1 Å². The molecule has 0 saturated carbocycles. The second-order valence-electron chi connectivity index (χ2n) is 8.48. The van der Waals surface area contributed by atoms with E-state index in [4.69, 9.17) is 4.74 Å². The zero-order chi connectivity index (χ0) is 21.6. The van der Waals surface area contributed by atoms with Crippen molar-refractivity contribution in [3.05, 3.63) is 35.5 Å². The Bertz CT molecular complexity index is 941. The van der Waals surface area contributed by atoms with Gasteiger partial charge in [0.25, 0.3) is 5.91 Å². The topological polar surface area (TPSA) is 51.5 Å². The van der Waals surface area contributed by atoms with Crippen molar-refractivity contribution >= 4 is 22.8 Å². The summed E-state index contributed by atoms with van der Waals surface area (Å²) < 4.78 is 46.0. The average molecular weight is 410 g/mol. The largest absolute Gasteiger partial charge is 0.460 e. The van der Waals surface area contributed by atoms with Gasteiger partial charge in [0.15, 0.2) is 0 Å². The number of carbonyl (C=O) groups is 2. The number of fused-ring (bicyclic) bond motifs is 1. The second kappa shape index (κ2) is 7.39. The summed E-state index contributed by atoms with van der Waals surface area (Å²) in [5, 5.41) is 0.353. The van der Waals surface area contributed by atoms with Crippen LogP contribution in [0.1, 0.15) is 49.7 Å².